The fourth-order valence-electron chi connectivity index (χ4n) is 2.42. The van der Waals surface area contributed by atoms with Crippen molar-refractivity contribution in [3.63, 3.8) is 0 Å². The van der Waals surface area contributed by atoms with Crippen molar-refractivity contribution >= 4 is 40.1 Å². The third-order valence-electron chi connectivity index (χ3n) is 3.50. The summed E-state index contributed by atoms with van der Waals surface area (Å²) in [6.07, 6.45) is -0.136. The molecule has 1 aliphatic rings. The van der Waals surface area contributed by atoms with Gasteiger partial charge in [0.1, 0.15) is 0 Å². The van der Waals surface area contributed by atoms with Gasteiger partial charge >= 0.3 is 7.12 Å². The quantitative estimate of drug-likeness (QED) is 0.822. The molecule has 2 N–H and O–H groups in total. The zero-order valence-electron chi connectivity index (χ0n) is 11.3. The van der Waals surface area contributed by atoms with Crippen molar-refractivity contribution in [2.24, 2.45) is 0 Å². The standard InChI is InChI=1S/C15H13BBrNO3/c1-9-11-7-6-10(8-13(11)16(20)21-9)18-15(19)12-4-2-3-5-14(12)17/h2-9,20H,1H3,(H,18,19). The summed E-state index contributed by atoms with van der Waals surface area (Å²) in [5.41, 5.74) is 2.84. The Labute approximate surface area is 131 Å². The largest absolute Gasteiger partial charge is 0.492 e. The molecule has 0 saturated carbocycles. The van der Waals surface area contributed by atoms with E-state index < -0.39 is 7.12 Å². The number of fused-ring (bicyclic) bond motifs is 1. The minimum Gasteiger partial charge on any atom is -0.423 e. The van der Waals surface area contributed by atoms with Crippen LogP contribution < -0.4 is 10.8 Å². The van der Waals surface area contributed by atoms with Gasteiger partial charge in [-0.05, 0) is 58.1 Å². The van der Waals surface area contributed by atoms with E-state index in [0.29, 0.717) is 16.7 Å². The second-order valence-corrected chi connectivity index (χ2v) is 5.76. The van der Waals surface area contributed by atoms with Crippen LogP contribution in [0, 0.1) is 0 Å². The molecule has 1 heterocycles. The van der Waals surface area contributed by atoms with E-state index in [0.717, 1.165) is 10.0 Å². The van der Waals surface area contributed by atoms with Gasteiger partial charge in [0.25, 0.3) is 5.91 Å². The molecular weight excluding hydrogens is 333 g/mol. The normalized spacial score (nSPS) is 16.7. The van der Waals surface area contributed by atoms with Crippen LogP contribution in [0.15, 0.2) is 46.9 Å². The first-order chi connectivity index (χ1) is 10.1. The highest BCUT2D eigenvalue weighted by molar-refractivity contribution is 9.10. The van der Waals surface area contributed by atoms with Crippen molar-refractivity contribution in [3.8, 4) is 0 Å². The average Bonchev–Trinajstić information content (AvgIpc) is 2.74. The monoisotopic (exact) mass is 345 g/mol. The summed E-state index contributed by atoms with van der Waals surface area (Å²) in [6.45, 7) is 1.88. The van der Waals surface area contributed by atoms with E-state index in [2.05, 4.69) is 21.2 Å². The highest BCUT2D eigenvalue weighted by Crippen LogP contribution is 2.25. The Hall–Kier alpha value is -1.63. The number of carbonyl (C=O) groups excluding carboxylic acids is 1. The van der Waals surface area contributed by atoms with Crippen LogP contribution in [0.4, 0.5) is 5.69 Å². The average molecular weight is 346 g/mol. The number of carbonyl (C=O) groups is 1. The number of nitrogens with one attached hydrogen (secondary N) is 1. The molecule has 4 nitrogen and oxygen atoms in total. The molecule has 2 aromatic rings. The second-order valence-electron chi connectivity index (χ2n) is 4.91. The van der Waals surface area contributed by atoms with Crippen molar-refractivity contribution in [3.05, 3.63) is 58.1 Å². The summed E-state index contributed by atoms with van der Waals surface area (Å²) < 4.78 is 6.07. The SMILES string of the molecule is CC1OB(O)c2cc(NC(=O)c3ccccc3Br)ccc21. The molecule has 0 radical (unpaired) electrons. The van der Waals surface area contributed by atoms with E-state index >= 15 is 0 Å². The van der Waals surface area contributed by atoms with Gasteiger partial charge in [-0.15, -0.1) is 0 Å². The molecule has 0 aromatic heterocycles. The molecule has 2 aromatic carbocycles. The van der Waals surface area contributed by atoms with Crippen LogP contribution in [-0.2, 0) is 4.65 Å². The summed E-state index contributed by atoms with van der Waals surface area (Å²) in [5, 5.41) is 12.7. The summed E-state index contributed by atoms with van der Waals surface area (Å²) in [7, 11) is -0.935. The van der Waals surface area contributed by atoms with E-state index in [4.69, 9.17) is 4.65 Å². The molecule has 1 aliphatic heterocycles. The molecule has 6 heteroatoms. The van der Waals surface area contributed by atoms with Gasteiger partial charge in [-0.2, -0.15) is 0 Å². The molecule has 1 atom stereocenters. The van der Waals surface area contributed by atoms with E-state index in [-0.39, 0.29) is 12.0 Å². The molecular formula is C15H13BBrNO3. The third kappa shape index (κ3) is 2.74. The van der Waals surface area contributed by atoms with Crippen molar-refractivity contribution in [1.29, 1.82) is 0 Å². The molecule has 0 saturated heterocycles. The molecule has 1 amide bonds. The first kappa shape index (κ1) is 14.3. The van der Waals surface area contributed by atoms with Crippen molar-refractivity contribution < 1.29 is 14.5 Å². The minimum absolute atomic E-state index is 0.136. The van der Waals surface area contributed by atoms with Gasteiger partial charge in [0.05, 0.1) is 11.7 Å². The minimum atomic E-state index is -0.935. The van der Waals surface area contributed by atoms with Gasteiger partial charge in [-0.3, -0.25) is 4.79 Å². The van der Waals surface area contributed by atoms with E-state index in [9.17, 15) is 9.82 Å². The third-order valence-corrected chi connectivity index (χ3v) is 4.19. The Balaban J connectivity index is 1.85. The van der Waals surface area contributed by atoms with Crippen LogP contribution in [0.25, 0.3) is 0 Å². The van der Waals surface area contributed by atoms with Crippen LogP contribution in [0.2, 0.25) is 0 Å². The fraction of sp³-hybridized carbons (Fsp3) is 0.133. The molecule has 21 heavy (non-hydrogen) atoms. The molecule has 3 rings (SSSR count). The molecule has 106 valence electrons. The Morgan fingerprint density at radius 1 is 1.33 bits per heavy atom. The maximum atomic E-state index is 12.2. The first-order valence-electron chi connectivity index (χ1n) is 6.59. The predicted molar refractivity (Wildman–Crippen MR) is 85.6 cm³/mol. The number of anilines is 1. The lowest BCUT2D eigenvalue weighted by atomic mass is 9.79. The number of rotatable bonds is 2. The molecule has 0 spiro atoms. The van der Waals surface area contributed by atoms with Crippen molar-refractivity contribution in [1.82, 2.24) is 0 Å². The van der Waals surface area contributed by atoms with Crippen molar-refractivity contribution in [2.75, 3.05) is 5.32 Å². The second kappa shape index (κ2) is 5.64. The smallest absolute Gasteiger partial charge is 0.423 e. The van der Waals surface area contributed by atoms with Gasteiger partial charge in [0.15, 0.2) is 0 Å². The van der Waals surface area contributed by atoms with Gasteiger partial charge in [-0.1, -0.05) is 18.2 Å². The van der Waals surface area contributed by atoms with Crippen LogP contribution >= 0.6 is 15.9 Å². The number of hydrogen-bond acceptors (Lipinski definition) is 3. The molecule has 1 unspecified atom stereocenters. The summed E-state index contributed by atoms with van der Waals surface area (Å²) in [4.78, 5) is 12.2. The van der Waals surface area contributed by atoms with E-state index in [1.165, 1.54) is 0 Å². The Morgan fingerprint density at radius 2 is 2.10 bits per heavy atom. The zero-order chi connectivity index (χ0) is 15.0. The molecule has 0 aliphatic carbocycles. The molecule has 0 fully saturated rings. The fourth-order valence-corrected chi connectivity index (χ4v) is 2.89. The zero-order valence-corrected chi connectivity index (χ0v) is 12.9. The summed E-state index contributed by atoms with van der Waals surface area (Å²) >= 11 is 3.36. The summed E-state index contributed by atoms with van der Waals surface area (Å²) in [6, 6.07) is 12.6. The highest BCUT2D eigenvalue weighted by atomic mass is 79.9. The van der Waals surface area contributed by atoms with E-state index in [1.54, 1.807) is 12.1 Å². The topological polar surface area (TPSA) is 58.6 Å². The van der Waals surface area contributed by atoms with Crippen LogP contribution in [0.3, 0.4) is 0 Å². The Bertz CT molecular complexity index is 707. The highest BCUT2D eigenvalue weighted by Gasteiger charge is 2.32. The predicted octanol–water partition coefficient (Wildman–Crippen LogP) is 2.48. The van der Waals surface area contributed by atoms with Crippen molar-refractivity contribution in [2.45, 2.75) is 13.0 Å². The van der Waals surface area contributed by atoms with Crippen LogP contribution in [0.1, 0.15) is 28.9 Å². The van der Waals surface area contributed by atoms with E-state index in [1.807, 2.05) is 37.3 Å². The number of benzene rings is 2. The Morgan fingerprint density at radius 3 is 2.86 bits per heavy atom. The summed E-state index contributed by atoms with van der Waals surface area (Å²) in [5.74, 6) is -0.205. The Kier molecular flexibility index (Phi) is 3.84. The van der Waals surface area contributed by atoms with Gasteiger partial charge in [-0.25, -0.2) is 0 Å². The first-order valence-corrected chi connectivity index (χ1v) is 7.39. The lowest BCUT2D eigenvalue weighted by Gasteiger charge is -2.09. The van der Waals surface area contributed by atoms with Gasteiger partial charge in [0.2, 0.25) is 0 Å². The molecule has 0 bridgehead atoms. The van der Waals surface area contributed by atoms with Gasteiger partial charge < -0.3 is 15.0 Å². The van der Waals surface area contributed by atoms with Gasteiger partial charge in [0, 0.05) is 10.2 Å². The van der Waals surface area contributed by atoms with Crippen LogP contribution in [-0.4, -0.2) is 18.0 Å². The lowest BCUT2D eigenvalue weighted by molar-refractivity contribution is 0.102. The maximum absolute atomic E-state index is 12.2. The number of hydrogen-bond donors (Lipinski definition) is 2. The number of halogens is 1. The number of amides is 1. The lowest BCUT2D eigenvalue weighted by Crippen LogP contribution is -2.28. The van der Waals surface area contributed by atoms with Crippen LogP contribution in [0.5, 0.6) is 0 Å². The maximum Gasteiger partial charge on any atom is 0.492 e.